The standard InChI is InChI=1S/C14H19BrN2O2S/c1-4-14(3)13(19)17(9(2)5-12(18)16-14)7-11-6-10(15)8-20-11/h6,8-9H,4-5,7H2,1-3H3,(H,16,18). The normalized spacial score (nSPS) is 27.4. The van der Waals surface area contributed by atoms with Crippen molar-refractivity contribution in [2.24, 2.45) is 0 Å². The van der Waals surface area contributed by atoms with E-state index in [2.05, 4.69) is 21.2 Å². The van der Waals surface area contributed by atoms with Gasteiger partial charge < -0.3 is 10.2 Å². The Labute approximate surface area is 131 Å². The molecule has 1 aliphatic heterocycles. The molecule has 1 N–H and O–H groups in total. The predicted octanol–water partition coefficient (Wildman–Crippen LogP) is 2.92. The van der Waals surface area contributed by atoms with Gasteiger partial charge in [-0.1, -0.05) is 6.92 Å². The number of amides is 2. The van der Waals surface area contributed by atoms with Gasteiger partial charge in [-0.2, -0.15) is 0 Å². The molecule has 0 spiro atoms. The van der Waals surface area contributed by atoms with Crippen LogP contribution in [0.15, 0.2) is 15.9 Å². The number of hydrogen-bond donors (Lipinski definition) is 1. The van der Waals surface area contributed by atoms with E-state index in [0.29, 0.717) is 19.4 Å². The zero-order valence-corrected chi connectivity index (χ0v) is 14.3. The number of hydrogen-bond acceptors (Lipinski definition) is 3. The summed E-state index contributed by atoms with van der Waals surface area (Å²) >= 11 is 5.05. The average molecular weight is 359 g/mol. The minimum atomic E-state index is -0.795. The third-order valence-corrected chi connectivity index (χ3v) is 5.50. The summed E-state index contributed by atoms with van der Waals surface area (Å²) in [5.41, 5.74) is -0.795. The molecular weight excluding hydrogens is 340 g/mol. The lowest BCUT2D eigenvalue weighted by molar-refractivity contribution is -0.140. The Bertz CT molecular complexity index is 531. The van der Waals surface area contributed by atoms with E-state index >= 15 is 0 Å². The molecule has 1 fully saturated rings. The number of nitrogens with zero attached hydrogens (tertiary/aromatic N) is 1. The molecule has 0 aliphatic carbocycles. The molecule has 6 heteroatoms. The fraction of sp³-hybridized carbons (Fsp3) is 0.571. The van der Waals surface area contributed by atoms with E-state index in [1.807, 2.05) is 37.1 Å². The van der Waals surface area contributed by atoms with E-state index < -0.39 is 5.54 Å². The maximum absolute atomic E-state index is 12.8. The van der Waals surface area contributed by atoms with E-state index in [9.17, 15) is 9.59 Å². The Morgan fingerprint density at radius 1 is 1.55 bits per heavy atom. The van der Waals surface area contributed by atoms with E-state index in [1.165, 1.54) is 0 Å². The molecule has 2 heterocycles. The molecular formula is C14H19BrN2O2S. The maximum Gasteiger partial charge on any atom is 0.248 e. The van der Waals surface area contributed by atoms with Crippen LogP contribution in [0, 0.1) is 0 Å². The van der Waals surface area contributed by atoms with Crippen molar-refractivity contribution in [1.82, 2.24) is 10.2 Å². The number of carbonyl (C=O) groups excluding carboxylic acids is 2. The van der Waals surface area contributed by atoms with Crippen LogP contribution in [0.3, 0.4) is 0 Å². The summed E-state index contributed by atoms with van der Waals surface area (Å²) in [6.07, 6.45) is 0.947. The Morgan fingerprint density at radius 2 is 2.25 bits per heavy atom. The quantitative estimate of drug-likeness (QED) is 0.902. The van der Waals surface area contributed by atoms with Crippen LogP contribution in [0.1, 0.15) is 38.5 Å². The zero-order chi connectivity index (χ0) is 14.9. The first-order valence-electron chi connectivity index (χ1n) is 6.70. The SMILES string of the molecule is CCC1(C)NC(=O)CC(C)N(Cc2cc(Br)cs2)C1=O. The minimum absolute atomic E-state index is 0.00266. The molecule has 0 aromatic carbocycles. The minimum Gasteiger partial charge on any atom is -0.342 e. The van der Waals surface area contributed by atoms with Crippen LogP contribution in [-0.4, -0.2) is 28.3 Å². The van der Waals surface area contributed by atoms with Crippen molar-refractivity contribution in [1.29, 1.82) is 0 Å². The van der Waals surface area contributed by atoms with Gasteiger partial charge in [-0.25, -0.2) is 0 Å². The number of nitrogens with one attached hydrogen (secondary N) is 1. The molecule has 1 aromatic rings. The molecule has 0 radical (unpaired) electrons. The molecule has 1 saturated heterocycles. The summed E-state index contributed by atoms with van der Waals surface area (Å²) in [4.78, 5) is 27.6. The molecule has 4 nitrogen and oxygen atoms in total. The van der Waals surface area contributed by atoms with E-state index in [1.54, 1.807) is 11.3 Å². The highest BCUT2D eigenvalue weighted by Gasteiger charge is 2.41. The molecule has 0 saturated carbocycles. The highest BCUT2D eigenvalue weighted by Crippen LogP contribution is 2.26. The van der Waals surface area contributed by atoms with Crippen LogP contribution in [0.25, 0.3) is 0 Å². The fourth-order valence-corrected chi connectivity index (χ4v) is 3.83. The Balaban J connectivity index is 2.28. The number of thiophene rings is 1. The molecule has 20 heavy (non-hydrogen) atoms. The van der Waals surface area contributed by atoms with Gasteiger partial charge in [-0.3, -0.25) is 9.59 Å². The van der Waals surface area contributed by atoms with Gasteiger partial charge in [0.15, 0.2) is 0 Å². The van der Waals surface area contributed by atoms with Gasteiger partial charge in [0.05, 0.1) is 6.54 Å². The number of carbonyl (C=O) groups is 2. The van der Waals surface area contributed by atoms with Crippen LogP contribution < -0.4 is 5.32 Å². The van der Waals surface area contributed by atoms with E-state index in [4.69, 9.17) is 0 Å². The van der Waals surface area contributed by atoms with Crippen molar-refractivity contribution in [3.05, 3.63) is 20.8 Å². The third kappa shape index (κ3) is 3.06. The van der Waals surface area contributed by atoms with Crippen LogP contribution >= 0.6 is 27.3 Å². The van der Waals surface area contributed by atoms with Gasteiger partial charge in [0.25, 0.3) is 0 Å². The second kappa shape index (κ2) is 5.85. The van der Waals surface area contributed by atoms with Crippen LogP contribution in [0.5, 0.6) is 0 Å². The van der Waals surface area contributed by atoms with Crippen molar-refractivity contribution in [2.75, 3.05) is 0 Å². The third-order valence-electron chi connectivity index (χ3n) is 3.82. The van der Waals surface area contributed by atoms with E-state index in [0.717, 1.165) is 9.35 Å². The summed E-state index contributed by atoms with van der Waals surface area (Å²) in [6.45, 7) is 6.22. The van der Waals surface area contributed by atoms with Gasteiger partial charge >= 0.3 is 0 Å². The van der Waals surface area contributed by atoms with Gasteiger partial charge in [-0.15, -0.1) is 11.3 Å². The zero-order valence-electron chi connectivity index (χ0n) is 11.9. The Hall–Kier alpha value is -0.880. The predicted molar refractivity (Wildman–Crippen MR) is 83.5 cm³/mol. The maximum atomic E-state index is 12.8. The second-order valence-corrected chi connectivity index (χ2v) is 7.36. The molecule has 2 rings (SSSR count). The van der Waals surface area contributed by atoms with Gasteiger partial charge in [0, 0.05) is 27.2 Å². The second-order valence-electron chi connectivity index (χ2n) is 5.45. The molecule has 1 aromatic heterocycles. The first-order chi connectivity index (χ1) is 9.35. The van der Waals surface area contributed by atoms with Crippen molar-refractivity contribution in [2.45, 2.75) is 51.7 Å². The summed E-state index contributed by atoms with van der Waals surface area (Å²) in [5, 5.41) is 4.87. The summed E-state index contributed by atoms with van der Waals surface area (Å²) < 4.78 is 1.03. The molecule has 2 amide bonds. The first-order valence-corrected chi connectivity index (χ1v) is 8.38. The summed E-state index contributed by atoms with van der Waals surface area (Å²) in [6, 6.07) is 1.94. The van der Waals surface area contributed by atoms with Crippen LogP contribution in [0.4, 0.5) is 0 Å². The molecule has 1 aliphatic rings. The molecule has 0 bridgehead atoms. The van der Waals surface area contributed by atoms with Crippen LogP contribution in [0.2, 0.25) is 0 Å². The molecule has 110 valence electrons. The van der Waals surface area contributed by atoms with E-state index in [-0.39, 0.29) is 17.9 Å². The lowest BCUT2D eigenvalue weighted by Gasteiger charge is -2.33. The largest absolute Gasteiger partial charge is 0.342 e. The lowest BCUT2D eigenvalue weighted by Crippen LogP contribution is -2.55. The highest BCUT2D eigenvalue weighted by atomic mass is 79.9. The molecule has 2 atom stereocenters. The highest BCUT2D eigenvalue weighted by molar-refractivity contribution is 9.10. The average Bonchev–Trinajstić information content (AvgIpc) is 2.76. The fourth-order valence-electron chi connectivity index (χ4n) is 2.38. The van der Waals surface area contributed by atoms with Crippen molar-refractivity contribution in [3.8, 4) is 0 Å². The van der Waals surface area contributed by atoms with Crippen molar-refractivity contribution >= 4 is 39.1 Å². The topological polar surface area (TPSA) is 49.4 Å². The lowest BCUT2D eigenvalue weighted by atomic mass is 9.97. The summed E-state index contributed by atoms with van der Waals surface area (Å²) in [7, 11) is 0. The van der Waals surface area contributed by atoms with Crippen LogP contribution in [-0.2, 0) is 16.1 Å². The van der Waals surface area contributed by atoms with Gasteiger partial charge in [0.1, 0.15) is 5.54 Å². The molecule has 2 unspecified atom stereocenters. The smallest absolute Gasteiger partial charge is 0.248 e. The summed E-state index contributed by atoms with van der Waals surface area (Å²) in [5.74, 6) is -0.0482. The number of rotatable bonds is 3. The Morgan fingerprint density at radius 3 is 2.80 bits per heavy atom. The monoisotopic (exact) mass is 358 g/mol. The Kier molecular flexibility index (Phi) is 4.54. The van der Waals surface area contributed by atoms with Gasteiger partial charge in [-0.05, 0) is 42.3 Å². The van der Waals surface area contributed by atoms with Crippen molar-refractivity contribution in [3.63, 3.8) is 0 Å². The van der Waals surface area contributed by atoms with Gasteiger partial charge in [0.2, 0.25) is 11.8 Å². The van der Waals surface area contributed by atoms with Crippen molar-refractivity contribution < 1.29 is 9.59 Å². The first kappa shape index (κ1) is 15.5. The number of halogens is 1.